The normalized spacial score (nSPS) is 17.6. The van der Waals surface area contributed by atoms with Crippen molar-refractivity contribution >= 4 is 5.78 Å². The zero-order chi connectivity index (χ0) is 19.4. The SMILES string of the molecule is COc1ccc(C(=O)C2CCCN(Cc3ccc(F)c(F)c3)C2)c(OC)c1. The predicted molar refractivity (Wildman–Crippen MR) is 98.2 cm³/mol. The summed E-state index contributed by atoms with van der Waals surface area (Å²) in [6, 6.07) is 9.12. The van der Waals surface area contributed by atoms with Crippen LogP contribution in [-0.2, 0) is 6.54 Å². The molecule has 1 aliphatic heterocycles. The summed E-state index contributed by atoms with van der Waals surface area (Å²) in [6.45, 7) is 1.89. The van der Waals surface area contributed by atoms with Crippen molar-refractivity contribution in [2.24, 2.45) is 5.92 Å². The molecule has 4 nitrogen and oxygen atoms in total. The third-order valence-corrected chi connectivity index (χ3v) is 4.94. The van der Waals surface area contributed by atoms with Gasteiger partial charge < -0.3 is 9.47 Å². The second kappa shape index (κ2) is 8.48. The first kappa shape index (κ1) is 19.3. The minimum atomic E-state index is -0.850. The summed E-state index contributed by atoms with van der Waals surface area (Å²) in [4.78, 5) is 15.1. The number of piperidine rings is 1. The predicted octanol–water partition coefficient (Wildman–Crippen LogP) is 4.08. The zero-order valence-electron chi connectivity index (χ0n) is 15.5. The van der Waals surface area contributed by atoms with E-state index in [0.29, 0.717) is 35.7 Å². The highest BCUT2D eigenvalue weighted by molar-refractivity contribution is 6.00. The Kier molecular flexibility index (Phi) is 6.06. The van der Waals surface area contributed by atoms with E-state index in [1.54, 1.807) is 31.4 Å². The first-order chi connectivity index (χ1) is 13.0. The van der Waals surface area contributed by atoms with Crippen LogP contribution in [0.5, 0.6) is 11.5 Å². The lowest BCUT2D eigenvalue weighted by Gasteiger charge is -2.32. The topological polar surface area (TPSA) is 38.8 Å². The van der Waals surface area contributed by atoms with E-state index in [4.69, 9.17) is 9.47 Å². The molecule has 0 amide bonds. The summed E-state index contributed by atoms with van der Waals surface area (Å²) >= 11 is 0. The van der Waals surface area contributed by atoms with E-state index in [2.05, 4.69) is 4.90 Å². The van der Waals surface area contributed by atoms with E-state index in [1.807, 2.05) is 0 Å². The molecule has 2 aromatic carbocycles. The monoisotopic (exact) mass is 375 g/mol. The molecule has 0 spiro atoms. The molecule has 1 heterocycles. The fourth-order valence-electron chi connectivity index (χ4n) is 3.53. The molecule has 0 bridgehead atoms. The van der Waals surface area contributed by atoms with Gasteiger partial charge in [0, 0.05) is 25.1 Å². The first-order valence-electron chi connectivity index (χ1n) is 8.94. The maximum absolute atomic E-state index is 13.4. The van der Waals surface area contributed by atoms with Gasteiger partial charge in [0.05, 0.1) is 19.8 Å². The number of hydrogen-bond acceptors (Lipinski definition) is 4. The van der Waals surface area contributed by atoms with E-state index in [-0.39, 0.29) is 11.7 Å². The van der Waals surface area contributed by atoms with Gasteiger partial charge in [0.2, 0.25) is 0 Å². The minimum Gasteiger partial charge on any atom is -0.497 e. The quantitative estimate of drug-likeness (QED) is 0.714. The van der Waals surface area contributed by atoms with Gasteiger partial charge in [-0.15, -0.1) is 0 Å². The molecule has 1 fully saturated rings. The highest BCUT2D eigenvalue weighted by atomic mass is 19.2. The number of methoxy groups -OCH3 is 2. The van der Waals surface area contributed by atoms with Crippen molar-refractivity contribution in [3.8, 4) is 11.5 Å². The maximum Gasteiger partial charge on any atom is 0.170 e. The molecule has 0 aliphatic carbocycles. The number of halogens is 2. The number of ketones is 1. The Balaban J connectivity index is 1.72. The van der Waals surface area contributed by atoms with Crippen LogP contribution in [0.4, 0.5) is 8.78 Å². The Morgan fingerprint density at radius 1 is 1.11 bits per heavy atom. The molecule has 6 heteroatoms. The number of likely N-dealkylation sites (tertiary alicyclic amines) is 1. The molecular weight excluding hydrogens is 352 g/mol. The molecule has 0 radical (unpaired) electrons. The molecule has 27 heavy (non-hydrogen) atoms. The van der Waals surface area contributed by atoms with Crippen molar-refractivity contribution in [1.82, 2.24) is 4.90 Å². The van der Waals surface area contributed by atoms with Gasteiger partial charge in [-0.2, -0.15) is 0 Å². The van der Waals surface area contributed by atoms with Gasteiger partial charge in [0.15, 0.2) is 17.4 Å². The number of Topliss-reactive ketones (excluding diaryl/α,β-unsaturated/α-hetero) is 1. The van der Waals surface area contributed by atoms with Crippen LogP contribution in [0.15, 0.2) is 36.4 Å². The van der Waals surface area contributed by atoms with E-state index >= 15 is 0 Å². The van der Waals surface area contributed by atoms with Crippen LogP contribution >= 0.6 is 0 Å². The van der Waals surface area contributed by atoms with Crippen LogP contribution in [-0.4, -0.2) is 38.0 Å². The van der Waals surface area contributed by atoms with Crippen molar-refractivity contribution < 1.29 is 23.0 Å². The lowest BCUT2D eigenvalue weighted by atomic mass is 9.89. The second-order valence-corrected chi connectivity index (χ2v) is 6.75. The highest BCUT2D eigenvalue weighted by Crippen LogP contribution is 2.30. The molecular formula is C21H23F2NO3. The molecule has 144 valence electrons. The third kappa shape index (κ3) is 4.45. The summed E-state index contributed by atoms with van der Waals surface area (Å²) in [5.74, 6) is -0.697. The molecule has 1 aliphatic rings. The average molecular weight is 375 g/mol. The summed E-state index contributed by atoms with van der Waals surface area (Å²) < 4.78 is 37.1. The summed E-state index contributed by atoms with van der Waals surface area (Å²) in [7, 11) is 3.09. The number of carbonyl (C=O) groups is 1. The number of benzene rings is 2. The standard InChI is InChI=1S/C21H23F2NO3/c1-26-16-6-7-17(20(11-16)27-2)21(25)15-4-3-9-24(13-15)12-14-5-8-18(22)19(23)10-14/h5-8,10-11,15H,3-4,9,12-13H2,1-2H3. The van der Waals surface area contributed by atoms with Gasteiger partial charge in [-0.25, -0.2) is 8.78 Å². The smallest absolute Gasteiger partial charge is 0.170 e. The Labute approximate surface area is 157 Å². The highest BCUT2D eigenvalue weighted by Gasteiger charge is 2.28. The first-order valence-corrected chi connectivity index (χ1v) is 8.94. The number of nitrogens with zero attached hydrogens (tertiary/aromatic N) is 1. The number of carbonyl (C=O) groups excluding carboxylic acids is 1. The maximum atomic E-state index is 13.4. The van der Waals surface area contributed by atoms with Crippen LogP contribution < -0.4 is 9.47 Å². The van der Waals surface area contributed by atoms with Crippen LogP contribution in [0.3, 0.4) is 0 Å². The number of hydrogen-bond donors (Lipinski definition) is 0. The summed E-state index contributed by atoms with van der Waals surface area (Å²) in [6.07, 6.45) is 1.67. The summed E-state index contributed by atoms with van der Waals surface area (Å²) in [5, 5.41) is 0. The Bertz CT molecular complexity index is 825. The van der Waals surface area contributed by atoms with Gasteiger partial charge in [0.1, 0.15) is 11.5 Å². The fraction of sp³-hybridized carbons (Fsp3) is 0.381. The molecule has 0 aromatic heterocycles. The number of ether oxygens (including phenoxy) is 2. The Morgan fingerprint density at radius 2 is 1.93 bits per heavy atom. The molecule has 3 rings (SSSR count). The van der Waals surface area contributed by atoms with Gasteiger partial charge in [0.25, 0.3) is 0 Å². The molecule has 2 aromatic rings. The van der Waals surface area contributed by atoms with Gasteiger partial charge in [-0.05, 0) is 49.2 Å². The second-order valence-electron chi connectivity index (χ2n) is 6.75. The third-order valence-electron chi connectivity index (χ3n) is 4.94. The molecule has 1 saturated heterocycles. The van der Waals surface area contributed by atoms with Crippen molar-refractivity contribution in [2.45, 2.75) is 19.4 Å². The van der Waals surface area contributed by atoms with E-state index in [9.17, 15) is 13.6 Å². The molecule has 0 N–H and O–H groups in total. The molecule has 0 saturated carbocycles. The van der Waals surface area contributed by atoms with Crippen molar-refractivity contribution in [1.29, 1.82) is 0 Å². The van der Waals surface area contributed by atoms with Crippen LogP contribution in [0.25, 0.3) is 0 Å². The lowest BCUT2D eigenvalue weighted by molar-refractivity contribution is 0.0808. The fourth-order valence-corrected chi connectivity index (χ4v) is 3.53. The van der Waals surface area contributed by atoms with Crippen LogP contribution in [0.2, 0.25) is 0 Å². The number of rotatable bonds is 6. The Morgan fingerprint density at radius 3 is 2.63 bits per heavy atom. The Hall–Kier alpha value is -2.47. The van der Waals surface area contributed by atoms with Crippen LogP contribution in [0, 0.1) is 17.6 Å². The largest absolute Gasteiger partial charge is 0.497 e. The van der Waals surface area contributed by atoms with Gasteiger partial charge >= 0.3 is 0 Å². The van der Waals surface area contributed by atoms with Crippen molar-refractivity contribution in [3.63, 3.8) is 0 Å². The zero-order valence-corrected chi connectivity index (χ0v) is 15.5. The lowest BCUT2D eigenvalue weighted by Crippen LogP contribution is -2.38. The minimum absolute atomic E-state index is 0.0319. The van der Waals surface area contributed by atoms with Crippen molar-refractivity contribution in [2.75, 3.05) is 27.3 Å². The van der Waals surface area contributed by atoms with E-state index in [1.165, 1.54) is 13.2 Å². The molecule has 1 unspecified atom stereocenters. The van der Waals surface area contributed by atoms with Gasteiger partial charge in [-0.3, -0.25) is 9.69 Å². The average Bonchev–Trinajstić information content (AvgIpc) is 2.70. The van der Waals surface area contributed by atoms with Crippen molar-refractivity contribution in [3.05, 3.63) is 59.2 Å². The van der Waals surface area contributed by atoms with E-state index < -0.39 is 11.6 Å². The molecule has 1 atom stereocenters. The summed E-state index contributed by atoms with van der Waals surface area (Å²) in [5.41, 5.74) is 1.24. The van der Waals surface area contributed by atoms with E-state index in [0.717, 1.165) is 25.5 Å². The van der Waals surface area contributed by atoms with Crippen LogP contribution in [0.1, 0.15) is 28.8 Å². The van der Waals surface area contributed by atoms with Gasteiger partial charge in [-0.1, -0.05) is 6.07 Å².